The van der Waals surface area contributed by atoms with Crippen molar-refractivity contribution in [3.63, 3.8) is 0 Å². The SMILES string of the molecule is CN(C)[P+](OCn1nnc2ccccc21)(N(C)C)N(C)C. The van der Waals surface area contributed by atoms with E-state index in [2.05, 4.69) is 24.3 Å². The molecule has 0 aliphatic rings. The first-order valence-corrected chi connectivity index (χ1v) is 8.31. The van der Waals surface area contributed by atoms with Gasteiger partial charge < -0.3 is 0 Å². The molecule has 2 aromatic rings. The molecule has 0 amide bonds. The highest BCUT2D eigenvalue weighted by Crippen LogP contribution is 2.64. The van der Waals surface area contributed by atoms with Crippen molar-refractivity contribution in [3.05, 3.63) is 24.3 Å². The molecule has 0 fully saturated rings. The summed E-state index contributed by atoms with van der Waals surface area (Å²) in [6.45, 7) is 0.364. The zero-order chi connectivity index (χ0) is 15.6. The third kappa shape index (κ3) is 2.93. The van der Waals surface area contributed by atoms with Crippen LogP contribution in [0.5, 0.6) is 0 Å². The molecular weight excluding hydrogens is 287 g/mol. The summed E-state index contributed by atoms with van der Waals surface area (Å²) >= 11 is 0. The van der Waals surface area contributed by atoms with Crippen LogP contribution in [0.3, 0.4) is 0 Å². The summed E-state index contributed by atoms with van der Waals surface area (Å²) < 4.78 is 14.5. The van der Waals surface area contributed by atoms with E-state index in [1.54, 1.807) is 4.68 Å². The molecule has 0 saturated carbocycles. The molecule has 0 bridgehead atoms. The third-order valence-electron chi connectivity index (χ3n) is 3.34. The topological polar surface area (TPSA) is 49.7 Å². The van der Waals surface area contributed by atoms with Gasteiger partial charge in [-0.2, -0.15) is 4.52 Å². The molecule has 0 saturated heterocycles. The van der Waals surface area contributed by atoms with Gasteiger partial charge in [0, 0.05) is 42.3 Å². The number of aromatic nitrogens is 3. The van der Waals surface area contributed by atoms with Crippen LogP contribution in [-0.2, 0) is 11.3 Å². The molecule has 0 aliphatic heterocycles. The second-order valence-electron chi connectivity index (χ2n) is 5.39. The Morgan fingerprint density at radius 3 is 2.14 bits per heavy atom. The number of hydrogen-bond donors (Lipinski definition) is 0. The first-order chi connectivity index (χ1) is 9.89. The maximum atomic E-state index is 6.32. The Hall–Kier alpha value is -1.11. The van der Waals surface area contributed by atoms with Gasteiger partial charge in [-0.15, -0.1) is 19.1 Å². The van der Waals surface area contributed by atoms with Crippen LogP contribution in [0.15, 0.2) is 24.3 Å². The van der Waals surface area contributed by atoms with Crippen LogP contribution < -0.4 is 0 Å². The fourth-order valence-electron chi connectivity index (χ4n) is 2.56. The molecule has 0 spiro atoms. The average molecular weight is 311 g/mol. The molecule has 21 heavy (non-hydrogen) atoms. The van der Waals surface area contributed by atoms with Gasteiger partial charge in [0.15, 0.2) is 6.73 Å². The molecule has 1 aromatic heterocycles. The molecule has 7 nitrogen and oxygen atoms in total. The predicted molar refractivity (Wildman–Crippen MR) is 86.6 cm³/mol. The van der Waals surface area contributed by atoms with Gasteiger partial charge in [-0.1, -0.05) is 17.3 Å². The van der Waals surface area contributed by atoms with E-state index in [1.807, 2.05) is 66.6 Å². The van der Waals surface area contributed by atoms with Crippen molar-refractivity contribution >= 4 is 19.0 Å². The fourth-order valence-corrected chi connectivity index (χ4v) is 5.67. The van der Waals surface area contributed by atoms with Gasteiger partial charge in [0.2, 0.25) is 0 Å². The van der Waals surface area contributed by atoms with Crippen LogP contribution >= 0.6 is 7.94 Å². The highest BCUT2D eigenvalue weighted by Gasteiger charge is 2.50. The number of nitrogens with zero attached hydrogens (tertiary/aromatic N) is 6. The fraction of sp³-hybridized carbons (Fsp3) is 0.538. The van der Waals surface area contributed by atoms with Gasteiger partial charge in [0.05, 0.1) is 5.52 Å². The summed E-state index contributed by atoms with van der Waals surface area (Å²) in [5.74, 6) is 0. The number of rotatable bonds is 6. The quantitative estimate of drug-likeness (QED) is 0.758. The highest BCUT2D eigenvalue weighted by molar-refractivity contribution is 7.64. The van der Waals surface area contributed by atoms with Crippen LogP contribution in [0.1, 0.15) is 0 Å². The maximum absolute atomic E-state index is 6.32. The zero-order valence-corrected chi connectivity index (χ0v) is 14.4. The predicted octanol–water partition coefficient (Wildman–Crippen LogP) is 1.77. The van der Waals surface area contributed by atoms with Crippen molar-refractivity contribution < 1.29 is 4.52 Å². The molecule has 0 aliphatic carbocycles. The Balaban J connectivity index is 2.26. The van der Waals surface area contributed by atoms with Gasteiger partial charge >= 0.3 is 7.94 Å². The molecule has 8 heteroatoms. The van der Waals surface area contributed by atoms with Crippen LogP contribution in [0.4, 0.5) is 0 Å². The second-order valence-corrected chi connectivity index (χ2v) is 9.08. The zero-order valence-electron chi connectivity index (χ0n) is 13.6. The van der Waals surface area contributed by atoms with Crippen molar-refractivity contribution in [1.82, 2.24) is 29.0 Å². The van der Waals surface area contributed by atoms with Crippen LogP contribution in [0, 0.1) is 0 Å². The van der Waals surface area contributed by atoms with E-state index in [-0.39, 0.29) is 0 Å². The average Bonchev–Trinajstić information content (AvgIpc) is 2.82. The lowest BCUT2D eigenvalue weighted by Crippen LogP contribution is -2.37. The summed E-state index contributed by atoms with van der Waals surface area (Å²) in [5, 5.41) is 8.34. The van der Waals surface area contributed by atoms with Gasteiger partial charge in [0.25, 0.3) is 0 Å². The van der Waals surface area contributed by atoms with Gasteiger partial charge in [-0.05, 0) is 12.1 Å². The van der Waals surface area contributed by atoms with E-state index in [0.717, 1.165) is 11.0 Å². The summed E-state index contributed by atoms with van der Waals surface area (Å²) in [6, 6.07) is 7.89. The van der Waals surface area contributed by atoms with Crippen molar-refractivity contribution in [2.75, 3.05) is 42.3 Å². The Bertz CT molecular complexity index is 575. The number of benzene rings is 1. The lowest BCUT2D eigenvalue weighted by atomic mass is 10.3. The van der Waals surface area contributed by atoms with Crippen LogP contribution in [0.2, 0.25) is 0 Å². The van der Waals surface area contributed by atoms with Gasteiger partial charge in [-0.3, -0.25) is 0 Å². The third-order valence-corrected chi connectivity index (χ3v) is 6.92. The smallest absolute Gasteiger partial charge is 0.214 e. The van der Waals surface area contributed by atoms with Crippen LogP contribution in [-0.4, -0.2) is 71.3 Å². The standard InChI is InChI=1S/C13H24N6OP/c1-16(2)21(17(3)4,18(5)6)20-11-19-13-10-8-7-9-12(13)14-15-19/h7-10H,11H2,1-6H3/q+1. The van der Waals surface area contributed by atoms with Crippen molar-refractivity contribution in [2.45, 2.75) is 6.73 Å². The summed E-state index contributed by atoms with van der Waals surface area (Å²) in [4.78, 5) is 0. The molecule has 0 N–H and O–H groups in total. The minimum absolute atomic E-state index is 0.364. The molecule has 2 rings (SSSR count). The van der Waals surface area contributed by atoms with E-state index in [4.69, 9.17) is 4.52 Å². The summed E-state index contributed by atoms with van der Waals surface area (Å²) in [7, 11) is 10.2. The van der Waals surface area contributed by atoms with Crippen molar-refractivity contribution in [3.8, 4) is 0 Å². The van der Waals surface area contributed by atoms with Gasteiger partial charge in [-0.25, -0.2) is 4.68 Å². The monoisotopic (exact) mass is 311 g/mol. The molecule has 1 heterocycles. The molecular formula is C13H24N6OP+. The molecule has 116 valence electrons. The minimum atomic E-state index is -2.02. The number of hydrogen-bond acceptors (Lipinski definition) is 6. The normalized spacial score (nSPS) is 13.0. The van der Waals surface area contributed by atoms with E-state index >= 15 is 0 Å². The summed E-state index contributed by atoms with van der Waals surface area (Å²) in [6.07, 6.45) is 0. The largest absolute Gasteiger partial charge is 0.371 e. The second kappa shape index (κ2) is 6.34. The van der Waals surface area contributed by atoms with E-state index in [9.17, 15) is 0 Å². The molecule has 0 unspecified atom stereocenters. The lowest BCUT2D eigenvalue weighted by molar-refractivity contribution is 0.176. The Labute approximate surface area is 126 Å². The Kier molecular flexibility index (Phi) is 4.91. The maximum Gasteiger partial charge on any atom is 0.371 e. The highest BCUT2D eigenvalue weighted by atomic mass is 31.2. The van der Waals surface area contributed by atoms with E-state index < -0.39 is 7.94 Å². The van der Waals surface area contributed by atoms with Crippen LogP contribution in [0.25, 0.3) is 11.0 Å². The first-order valence-electron chi connectivity index (χ1n) is 6.75. The van der Waals surface area contributed by atoms with E-state index in [0.29, 0.717) is 6.73 Å². The number of para-hydroxylation sites is 1. The molecule has 0 radical (unpaired) electrons. The number of fused-ring (bicyclic) bond motifs is 1. The Morgan fingerprint density at radius 1 is 1.00 bits per heavy atom. The Morgan fingerprint density at radius 2 is 1.57 bits per heavy atom. The van der Waals surface area contributed by atoms with Crippen molar-refractivity contribution in [2.24, 2.45) is 0 Å². The molecule has 1 aromatic carbocycles. The molecule has 0 atom stereocenters. The minimum Gasteiger partial charge on any atom is -0.214 e. The summed E-state index contributed by atoms with van der Waals surface area (Å²) in [5.41, 5.74) is 1.86. The lowest BCUT2D eigenvalue weighted by Gasteiger charge is -2.36. The first kappa shape index (κ1) is 16.3. The van der Waals surface area contributed by atoms with Crippen molar-refractivity contribution in [1.29, 1.82) is 0 Å². The van der Waals surface area contributed by atoms with E-state index in [1.165, 1.54) is 0 Å². The van der Waals surface area contributed by atoms with Gasteiger partial charge in [0.1, 0.15) is 5.52 Å².